The maximum Gasteiger partial charge on any atom is 0.416 e. The van der Waals surface area contributed by atoms with Crippen LogP contribution in [-0.4, -0.2) is 35.8 Å². The second-order valence-corrected chi connectivity index (χ2v) is 9.35. The van der Waals surface area contributed by atoms with Crippen molar-refractivity contribution in [2.75, 3.05) is 6.61 Å². The Morgan fingerprint density at radius 3 is 2.25 bits per heavy atom. The number of amides is 1. The Bertz CT molecular complexity index is 1390. The van der Waals surface area contributed by atoms with E-state index in [1.165, 1.54) is 36.4 Å². The van der Waals surface area contributed by atoms with Gasteiger partial charge in [0.1, 0.15) is 23.3 Å². The second-order valence-electron chi connectivity index (χ2n) is 8.94. The van der Waals surface area contributed by atoms with Crippen LogP contribution >= 0.6 is 11.6 Å². The Balaban J connectivity index is 1.45. The van der Waals surface area contributed by atoms with Gasteiger partial charge >= 0.3 is 18.3 Å². The molecule has 0 radical (unpaired) electrons. The Morgan fingerprint density at radius 2 is 1.68 bits per heavy atom. The predicted molar refractivity (Wildman–Crippen MR) is 131 cm³/mol. The smallest absolute Gasteiger partial charge is 0.416 e. The second kappa shape index (κ2) is 11.3. The van der Waals surface area contributed by atoms with Gasteiger partial charge in [-0.05, 0) is 54.4 Å². The van der Waals surface area contributed by atoms with Crippen LogP contribution in [0.4, 0.5) is 26.3 Å². The summed E-state index contributed by atoms with van der Waals surface area (Å²) < 4.78 is 90.3. The molecule has 1 heterocycles. The number of halogens is 7. The van der Waals surface area contributed by atoms with Gasteiger partial charge in [-0.2, -0.15) is 26.3 Å². The van der Waals surface area contributed by atoms with Gasteiger partial charge in [-0.15, -0.1) is 0 Å². The van der Waals surface area contributed by atoms with E-state index >= 15 is 0 Å². The van der Waals surface area contributed by atoms with Gasteiger partial charge in [-0.25, -0.2) is 0 Å². The van der Waals surface area contributed by atoms with Gasteiger partial charge in [-0.1, -0.05) is 23.7 Å². The van der Waals surface area contributed by atoms with Crippen LogP contribution < -0.4 is 14.8 Å². The number of nitrogens with one attached hydrogen (secondary N) is 1. The SMILES string of the molecule is O=C(NC(Cc1ccc(C(F)(F)F)cc1)C(F)(F)F)c1ccc(Oc2cc3c(cc2Cl)C(C(=O)O)CCO3)cc1. The third kappa shape index (κ3) is 6.79. The summed E-state index contributed by atoms with van der Waals surface area (Å²) in [4.78, 5) is 24.0. The van der Waals surface area contributed by atoms with Crippen molar-refractivity contribution in [3.8, 4) is 17.2 Å². The molecule has 4 rings (SSSR count). The van der Waals surface area contributed by atoms with E-state index in [1.807, 2.05) is 5.32 Å². The minimum absolute atomic E-state index is 0.0417. The van der Waals surface area contributed by atoms with Gasteiger partial charge in [0, 0.05) is 23.6 Å². The largest absolute Gasteiger partial charge is 0.493 e. The lowest BCUT2D eigenvalue weighted by atomic mass is 9.93. The highest BCUT2D eigenvalue weighted by molar-refractivity contribution is 6.32. The van der Waals surface area contributed by atoms with Gasteiger partial charge in [-0.3, -0.25) is 9.59 Å². The lowest BCUT2D eigenvalue weighted by Gasteiger charge is -2.24. The molecule has 3 aromatic carbocycles. The summed E-state index contributed by atoms with van der Waals surface area (Å²) in [5.74, 6) is -2.25. The van der Waals surface area contributed by atoms with Crippen molar-refractivity contribution in [3.63, 3.8) is 0 Å². The summed E-state index contributed by atoms with van der Waals surface area (Å²) in [5.41, 5.74) is -0.767. The Labute approximate surface area is 228 Å². The molecule has 2 atom stereocenters. The molecule has 1 amide bonds. The van der Waals surface area contributed by atoms with Crippen LogP contribution in [0.3, 0.4) is 0 Å². The molecule has 0 fully saturated rings. The van der Waals surface area contributed by atoms with Gasteiger partial charge in [0.15, 0.2) is 0 Å². The van der Waals surface area contributed by atoms with Crippen LogP contribution in [0.1, 0.15) is 39.4 Å². The van der Waals surface area contributed by atoms with E-state index in [2.05, 4.69) is 0 Å². The zero-order chi connectivity index (χ0) is 29.2. The number of rotatable bonds is 7. The van der Waals surface area contributed by atoms with E-state index < -0.39 is 48.2 Å². The third-order valence-electron chi connectivity index (χ3n) is 6.17. The third-order valence-corrected chi connectivity index (χ3v) is 6.46. The molecule has 2 unspecified atom stereocenters. The number of carbonyl (C=O) groups is 2. The number of aliphatic carboxylic acids is 1. The van der Waals surface area contributed by atoms with E-state index in [-0.39, 0.29) is 40.7 Å². The Kier molecular flexibility index (Phi) is 8.20. The topological polar surface area (TPSA) is 84.9 Å². The minimum atomic E-state index is -4.87. The van der Waals surface area contributed by atoms with Crippen molar-refractivity contribution >= 4 is 23.5 Å². The number of carboxylic acid groups (broad SMARTS) is 1. The van der Waals surface area contributed by atoms with Crippen molar-refractivity contribution in [2.45, 2.75) is 37.2 Å². The zero-order valence-corrected chi connectivity index (χ0v) is 21.0. The molecular weight excluding hydrogens is 568 g/mol. The van der Waals surface area contributed by atoms with Gasteiger partial charge in [0.05, 0.1) is 23.1 Å². The lowest BCUT2D eigenvalue weighted by molar-refractivity contribution is -0.153. The Morgan fingerprint density at radius 1 is 1.02 bits per heavy atom. The molecule has 0 aromatic heterocycles. The number of hydrogen-bond donors (Lipinski definition) is 2. The lowest BCUT2D eigenvalue weighted by Crippen LogP contribution is -2.46. The maximum atomic E-state index is 13.6. The number of fused-ring (bicyclic) bond motifs is 1. The highest BCUT2D eigenvalue weighted by atomic mass is 35.5. The first-order valence-corrected chi connectivity index (χ1v) is 12.1. The summed E-state index contributed by atoms with van der Waals surface area (Å²) >= 11 is 6.26. The van der Waals surface area contributed by atoms with Crippen LogP contribution in [0.15, 0.2) is 60.7 Å². The van der Waals surface area contributed by atoms with Crippen LogP contribution in [0.25, 0.3) is 0 Å². The minimum Gasteiger partial charge on any atom is -0.493 e. The molecule has 40 heavy (non-hydrogen) atoms. The molecule has 1 aliphatic heterocycles. The van der Waals surface area contributed by atoms with Gasteiger partial charge in [0.2, 0.25) is 0 Å². The fourth-order valence-electron chi connectivity index (χ4n) is 4.08. The van der Waals surface area contributed by atoms with Gasteiger partial charge in [0.25, 0.3) is 5.91 Å². The fourth-order valence-corrected chi connectivity index (χ4v) is 4.29. The van der Waals surface area contributed by atoms with E-state index in [9.17, 15) is 41.0 Å². The molecule has 6 nitrogen and oxygen atoms in total. The highest BCUT2D eigenvalue weighted by Gasteiger charge is 2.41. The summed E-state index contributed by atoms with van der Waals surface area (Å²) in [6, 6.07) is 8.81. The molecular formula is C27H20ClF6NO5. The number of carboxylic acids is 1. The van der Waals surface area contributed by atoms with E-state index in [0.717, 1.165) is 12.1 Å². The molecule has 0 bridgehead atoms. The van der Waals surface area contributed by atoms with Gasteiger partial charge < -0.3 is 19.9 Å². The number of carbonyl (C=O) groups excluding carboxylic acids is 1. The predicted octanol–water partition coefficient (Wildman–Crippen LogP) is 7.01. The number of benzene rings is 3. The maximum absolute atomic E-state index is 13.6. The normalized spacial score (nSPS) is 15.9. The van der Waals surface area contributed by atoms with Crippen LogP contribution in [0.5, 0.6) is 17.2 Å². The summed E-state index contributed by atoms with van der Waals surface area (Å²) in [6.45, 7) is 0.187. The average molecular weight is 588 g/mol. The van der Waals surface area contributed by atoms with Crippen molar-refractivity contribution in [1.82, 2.24) is 5.32 Å². The molecule has 0 spiro atoms. The zero-order valence-electron chi connectivity index (χ0n) is 20.3. The molecule has 2 N–H and O–H groups in total. The standard InChI is InChI=1S/C27H20ClF6NO5/c28-20-12-19-18(25(37)38)9-10-39-21(19)13-22(20)40-17-7-3-15(4-8-17)24(36)35-23(27(32,33)34)11-14-1-5-16(6-2-14)26(29,30)31/h1-8,12-13,18,23H,9-11H2,(H,35,36)(H,37,38). The summed E-state index contributed by atoms with van der Waals surface area (Å²) in [5, 5.41) is 11.4. The number of hydrogen-bond acceptors (Lipinski definition) is 4. The number of alkyl halides is 6. The van der Waals surface area contributed by atoms with Crippen LogP contribution in [0, 0.1) is 0 Å². The molecule has 1 aliphatic rings. The van der Waals surface area contributed by atoms with Crippen LogP contribution in [-0.2, 0) is 17.4 Å². The molecule has 3 aromatic rings. The van der Waals surface area contributed by atoms with Crippen molar-refractivity contribution < 1.29 is 50.5 Å². The van der Waals surface area contributed by atoms with E-state index in [1.54, 1.807) is 0 Å². The van der Waals surface area contributed by atoms with E-state index in [0.29, 0.717) is 23.4 Å². The monoisotopic (exact) mass is 587 g/mol. The highest BCUT2D eigenvalue weighted by Crippen LogP contribution is 2.42. The van der Waals surface area contributed by atoms with Crippen molar-refractivity contribution in [3.05, 3.63) is 87.9 Å². The molecule has 0 aliphatic carbocycles. The first-order chi connectivity index (χ1) is 18.7. The summed E-state index contributed by atoms with van der Waals surface area (Å²) in [7, 11) is 0. The fraction of sp³-hybridized carbons (Fsp3) is 0.259. The molecule has 13 heteroatoms. The van der Waals surface area contributed by atoms with Crippen LogP contribution in [0.2, 0.25) is 5.02 Å². The molecule has 0 saturated heterocycles. The first-order valence-electron chi connectivity index (χ1n) is 11.7. The van der Waals surface area contributed by atoms with E-state index in [4.69, 9.17) is 21.1 Å². The quantitative estimate of drug-likeness (QED) is 0.291. The van der Waals surface area contributed by atoms with Crippen molar-refractivity contribution in [2.24, 2.45) is 0 Å². The molecule has 0 saturated carbocycles. The van der Waals surface area contributed by atoms with Crippen molar-refractivity contribution in [1.29, 1.82) is 0 Å². The number of ether oxygens (including phenoxy) is 2. The molecule has 212 valence electrons. The first kappa shape index (κ1) is 29.1. The average Bonchev–Trinajstić information content (AvgIpc) is 2.88. The Hall–Kier alpha value is -3.93. The summed E-state index contributed by atoms with van der Waals surface area (Å²) in [6.07, 6.45) is -9.99.